The zero-order valence-corrected chi connectivity index (χ0v) is 12.5. The first-order valence-corrected chi connectivity index (χ1v) is 8.43. The summed E-state index contributed by atoms with van der Waals surface area (Å²) < 4.78 is 0. The fraction of sp³-hybridized carbons (Fsp3) is 0.500. The van der Waals surface area contributed by atoms with Crippen molar-refractivity contribution in [2.45, 2.75) is 32.0 Å². The molecule has 0 radical (unpaired) electrons. The van der Waals surface area contributed by atoms with Crippen molar-refractivity contribution in [2.24, 2.45) is 5.73 Å². The number of hydrogen-bond acceptors (Lipinski definition) is 3. The smallest absolute Gasteiger partial charge is 0.221 e. The molecule has 0 aliphatic heterocycles. The predicted octanol–water partition coefficient (Wildman–Crippen LogP) is 1.52. The molecule has 0 aliphatic rings. The SMILES string of the molecule is Cc1ccc(C(C)C)c(C(O)(CN)P(O)(O)=S)c1. The maximum absolute atomic E-state index is 10.5. The Morgan fingerprint density at radius 2 is 1.94 bits per heavy atom. The second kappa shape index (κ2) is 5.37. The minimum absolute atomic E-state index is 0.125. The highest BCUT2D eigenvalue weighted by atomic mass is 32.5. The van der Waals surface area contributed by atoms with Crippen molar-refractivity contribution in [3.05, 3.63) is 34.9 Å². The van der Waals surface area contributed by atoms with Crippen LogP contribution in [0, 0.1) is 6.92 Å². The maximum atomic E-state index is 10.5. The Labute approximate surface area is 113 Å². The Hall–Kier alpha value is -0.290. The highest BCUT2D eigenvalue weighted by molar-refractivity contribution is 8.09. The fourth-order valence-electron chi connectivity index (χ4n) is 1.91. The van der Waals surface area contributed by atoms with Crippen molar-refractivity contribution in [3.63, 3.8) is 0 Å². The van der Waals surface area contributed by atoms with Gasteiger partial charge in [0.05, 0.1) is 0 Å². The Kier molecular flexibility index (Phi) is 4.70. The summed E-state index contributed by atoms with van der Waals surface area (Å²) in [6, 6.07) is 5.49. The molecule has 18 heavy (non-hydrogen) atoms. The van der Waals surface area contributed by atoms with Gasteiger partial charge >= 0.3 is 0 Å². The zero-order chi connectivity index (χ0) is 14.1. The Morgan fingerprint density at radius 1 is 1.39 bits per heavy atom. The first kappa shape index (κ1) is 15.8. The molecule has 1 unspecified atom stereocenters. The van der Waals surface area contributed by atoms with E-state index in [1.54, 1.807) is 6.07 Å². The summed E-state index contributed by atoms with van der Waals surface area (Å²) in [7, 11) is 0. The minimum atomic E-state index is -3.93. The number of rotatable bonds is 4. The van der Waals surface area contributed by atoms with E-state index < -0.39 is 11.8 Å². The third kappa shape index (κ3) is 2.82. The molecule has 1 aromatic rings. The summed E-state index contributed by atoms with van der Waals surface area (Å²) in [5, 5.41) is 8.55. The second-order valence-corrected chi connectivity index (χ2v) is 8.17. The summed E-state index contributed by atoms with van der Waals surface area (Å²) in [6.07, 6.45) is 0. The molecule has 0 saturated heterocycles. The van der Waals surface area contributed by atoms with Crippen molar-refractivity contribution in [1.29, 1.82) is 0 Å². The molecular formula is C12H20NO3PS. The van der Waals surface area contributed by atoms with Crippen LogP contribution in [-0.2, 0) is 17.1 Å². The lowest BCUT2D eigenvalue weighted by molar-refractivity contribution is 0.113. The van der Waals surface area contributed by atoms with Gasteiger partial charge in [-0.1, -0.05) is 37.6 Å². The predicted molar refractivity (Wildman–Crippen MR) is 76.9 cm³/mol. The van der Waals surface area contributed by atoms with Gasteiger partial charge in [-0.25, -0.2) is 0 Å². The Balaban J connectivity index is 3.56. The van der Waals surface area contributed by atoms with Gasteiger partial charge in [-0.2, -0.15) is 0 Å². The molecule has 0 bridgehead atoms. The van der Waals surface area contributed by atoms with E-state index in [1.807, 2.05) is 32.9 Å². The van der Waals surface area contributed by atoms with Crippen LogP contribution in [0.2, 0.25) is 0 Å². The van der Waals surface area contributed by atoms with Gasteiger partial charge in [-0.15, -0.1) is 0 Å². The normalized spacial score (nSPS) is 15.8. The Bertz CT molecular complexity index is 486. The third-order valence-corrected chi connectivity index (χ3v) is 5.32. The number of aliphatic hydroxyl groups is 1. The van der Waals surface area contributed by atoms with Crippen molar-refractivity contribution < 1.29 is 14.9 Å². The van der Waals surface area contributed by atoms with Crippen molar-refractivity contribution >= 4 is 18.3 Å². The Morgan fingerprint density at radius 3 is 2.33 bits per heavy atom. The fourth-order valence-corrected chi connectivity index (χ4v) is 3.17. The van der Waals surface area contributed by atoms with E-state index in [2.05, 4.69) is 11.8 Å². The quantitative estimate of drug-likeness (QED) is 0.631. The lowest BCUT2D eigenvalue weighted by Gasteiger charge is -2.33. The van der Waals surface area contributed by atoms with Crippen LogP contribution in [0.15, 0.2) is 18.2 Å². The molecule has 1 aromatic carbocycles. The largest absolute Gasteiger partial charge is 0.374 e. The van der Waals surface area contributed by atoms with E-state index in [0.29, 0.717) is 5.56 Å². The molecule has 0 amide bonds. The monoisotopic (exact) mass is 289 g/mol. The number of benzene rings is 1. The third-order valence-electron chi connectivity index (χ3n) is 3.03. The number of hydrogen-bond donors (Lipinski definition) is 4. The minimum Gasteiger partial charge on any atom is -0.374 e. The van der Waals surface area contributed by atoms with Gasteiger partial charge in [-0.3, -0.25) is 0 Å². The summed E-state index contributed by atoms with van der Waals surface area (Å²) in [5.74, 6) is 0.125. The van der Waals surface area contributed by atoms with Crippen molar-refractivity contribution in [2.75, 3.05) is 6.54 Å². The summed E-state index contributed by atoms with van der Waals surface area (Å²) in [4.78, 5) is 19.5. The molecule has 102 valence electrons. The van der Waals surface area contributed by atoms with Gasteiger partial charge in [0.1, 0.15) is 0 Å². The molecule has 0 spiro atoms. The van der Waals surface area contributed by atoms with Crippen LogP contribution < -0.4 is 5.73 Å². The standard InChI is InChI=1S/C12H20NO3PS/c1-8(2)10-5-4-9(3)6-11(10)12(14,7-13)17(15,16)18/h4-6,8,14H,7,13H2,1-3H3,(H2,15,16,18). The summed E-state index contributed by atoms with van der Waals surface area (Å²) in [6.45, 7) is 1.54. The van der Waals surface area contributed by atoms with Gasteiger partial charge in [0.2, 0.25) is 6.49 Å². The molecule has 5 N–H and O–H groups in total. The van der Waals surface area contributed by atoms with Crippen LogP contribution in [0.1, 0.15) is 36.5 Å². The van der Waals surface area contributed by atoms with Crippen molar-refractivity contribution in [3.8, 4) is 0 Å². The highest BCUT2D eigenvalue weighted by Gasteiger charge is 2.43. The van der Waals surface area contributed by atoms with Gasteiger partial charge < -0.3 is 20.6 Å². The van der Waals surface area contributed by atoms with Gasteiger partial charge in [-0.05, 0) is 35.8 Å². The molecule has 0 saturated carbocycles. The first-order chi connectivity index (χ1) is 8.13. The topological polar surface area (TPSA) is 86.7 Å². The lowest BCUT2D eigenvalue weighted by Crippen LogP contribution is -2.35. The molecule has 4 nitrogen and oxygen atoms in total. The van der Waals surface area contributed by atoms with E-state index in [9.17, 15) is 14.9 Å². The molecule has 0 aliphatic carbocycles. The van der Waals surface area contributed by atoms with Crippen molar-refractivity contribution in [1.82, 2.24) is 0 Å². The van der Waals surface area contributed by atoms with Crippen LogP contribution in [0.25, 0.3) is 0 Å². The second-order valence-electron chi connectivity index (χ2n) is 4.81. The van der Waals surface area contributed by atoms with E-state index in [1.165, 1.54) is 0 Å². The molecular weight excluding hydrogens is 269 g/mol. The first-order valence-electron chi connectivity index (χ1n) is 5.72. The molecule has 0 aromatic heterocycles. The van der Waals surface area contributed by atoms with Crippen LogP contribution in [0.4, 0.5) is 0 Å². The maximum Gasteiger partial charge on any atom is 0.221 e. The lowest BCUT2D eigenvalue weighted by atomic mass is 9.92. The number of nitrogens with two attached hydrogens (primary N) is 1. The van der Waals surface area contributed by atoms with E-state index in [-0.39, 0.29) is 12.5 Å². The van der Waals surface area contributed by atoms with E-state index in [0.717, 1.165) is 11.1 Å². The van der Waals surface area contributed by atoms with Crippen LogP contribution in [-0.4, -0.2) is 21.4 Å². The van der Waals surface area contributed by atoms with Crippen LogP contribution >= 0.6 is 6.49 Å². The molecule has 1 rings (SSSR count). The number of aryl methyl sites for hydroxylation is 1. The van der Waals surface area contributed by atoms with Gasteiger partial charge in [0.15, 0.2) is 5.34 Å². The summed E-state index contributed by atoms with van der Waals surface area (Å²) in [5.41, 5.74) is 7.69. The van der Waals surface area contributed by atoms with Gasteiger partial charge in [0.25, 0.3) is 0 Å². The molecule has 0 heterocycles. The molecule has 1 atom stereocenters. The average molecular weight is 289 g/mol. The van der Waals surface area contributed by atoms with Crippen LogP contribution in [0.5, 0.6) is 0 Å². The summed E-state index contributed by atoms with van der Waals surface area (Å²) >= 11 is 4.68. The average Bonchev–Trinajstić information content (AvgIpc) is 2.25. The molecule has 0 fully saturated rings. The zero-order valence-electron chi connectivity index (χ0n) is 10.8. The van der Waals surface area contributed by atoms with Crippen LogP contribution in [0.3, 0.4) is 0 Å². The van der Waals surface area contributed by atoms with E-state index in [4.69, 9.17) is 5.73 Å². The highest BCUT2D eigenvalue weighted by Crippen LogP contribution is 2.56. The van der Waals surface area contributed by atoms with E-state index >= 15 is 0 Å². The molecule has 6 heteroatoms. The van der Waals surface area contributed by atoms with Gasteiger partial charge in [0, 0.05) is 6.54 Å².